The summed E-state index contributed by atoms with van der Waals surface area (Å²) < 4.78 is 0. The van der Waals surface area contributed by atoms with Gasteiger partial charge in [0.25, 0.3) is 0 Å². The number of nitrogens with zero attached hydrogens (tertiary/aromatic N) is 1. The van der Waals surface area contributed by atoms with E-state index in [0.717, 1.165) is 0 Å². The molecular formula is C10H14N2OS2. The maximum Gasteiger partial charge on any atom is 0.229 e. The van der Waals surface area contributed by atoms with E-state index in [4.69, 9.17) is 18.0 Å². The minimum atomic E-state index is -0.00148. The van der Waals surface area contributed by atoms with E-state index in [2.05, 4.69) is 0 Å². The first-order valence-electron chi connectivity index (χ1n) is 4.72. The summed E-state index contributed by atoms with van der Waals surface area (Å²) in [5.41, 5.74) is 5.35. The van der Waals surface area contributed by atoms with Crippen LogP contribution in [0.4, 0.5) is 0 Å². The highest BCUT2D eigenvalue weighted by Gasteiger charge is 2.13. The molecule has 0 aromatic carbocycles. The summed E-state index contributed by atoms with van der Waals surface area (Å²) in [4.78, 5) is 14.9. The first-order chi connectivity index (χ1) is 7.13. The number of carbonyl (C=O) groups is 1. The Morgan fingerprint density at radius 3 is 2.87 bits per heavy atom. The van der Waals surface area contributed by atoms with Crippen molar-refractivity contribution in [2.75, 3.05) is 6.54 Å². The molecule has 3 nitrogen and oxygen atoms in total. The van der Waals surface area contributed by atoms with Crippen molar-refractivity contribution in [2.24, 2.45) is 5.73 Å². The molecule has 0 aliphatic heterocycles. The number of hydrogen-bond acceptors (Lipinski definition) is 3. The maximum absolute atomic E-state index is 11.7. The van der Waals surface area contributed by atoms with Gasteiger partial charge in [0.15, 0.2) is 0 Å². The SMILES string of the molecule is CCN(Cc1cccs1)C(=O)CC(N)=S. The number of carbonyl (C=O) groups excluding carboxylic acids is 1. The third kappa shape index (κ3) is 3.97. The van der Waals surface area contributed by atoms with Gasteiger partial charge >= 0.3 is 0 Å². The number of nitrogens with two attached hydrogens (primary N) is 1. The van der Waals surface area contributed by atoms with Gasteiger partial charge in [-0.3, -0.25) is 4.79 Å². The van der Waals surface area contributed by atoms with Crippen LogP contribution < -0.4 is 5.73 Å². The number of thiophene rings is 1. The van der Waals surface area contributed by atoms with Crippen LogP contribution in [0, 0.1) is 0 Å². The molecule has 0 aliphatic carbocycles. The van der Waals surface area contributed by atoms with Crippen molar-refractivity contribution in [3.8, 4) is 0 Å². The number of amides is 1. The molecule has 5 heteroatoms. The zero-order valence-electron chi connectivity index (χ0n) is 8.60. The van der Waals surface area contributed by atoms with Crippen molar-refractivity contribution in [2.45, 2.75) is 19.9 Å². The van der Waals surface area contributed by atoms with E-state index < -0.39 is 0 Å². The summed E-state index contributed by atoms with van der Waals surface area (Å²) in [5.74, 6) is -0.00148. The third-order valence-corrected chi connectivity index (χ3v) is 2.99. The molecule has 0 saturated carbocycles. The van der Waals surface area contributed by atoms with Crippen molar-refractivity contribution in [3.05, 3.63) is 22.4 Å². The molecule has 1 heterocycles. The minimum absolute atomic E-state index is 0.00148. The van der Waals surface area contributed by atoms with Crippen LogP contribution in [0.3, 0.4) is 0 Å². The van der Waals surface area contributed by atoms with Crippen molar-refractivity contribution < 1.29 is 4.79 Å². The summed E-state index contributed by atoms with van der Waals surface area (Å²) in [6, 6.07) is 3.99. The van der Waals surface area contributed by atoms with Gasteiger partial charge in [0.05, 0.1) is 18.0 Å². The van der Waals surface area contributed by atoms with Gasteiger partial charge in [0.2, 0.25) is 5.91 Å². The molecule has 15 heavy (non-hydrogen) atoms. The highest BCUT2D eigenvalue weighted by Crippen LogP contribution is 2.12. The number of thiocarbonyl (C=S) groups is 1. The van der Waals surface area contributed by atoms with Crippen LogP contribution in [0.15, 0.2) is 17.5 Å². The smallest absolute Gasteiger partial charge is 0.229 e. The second kappa shape index (κ2) is 5.82. The summed E-state index contributed by atoms with van der Waals surface area (Å²) in [6.45, 7) is 3.28. The second-order valence-corrected chi connectivity index (χ2v) is 4.69. The van der Waals surface area contributed by atoms with E-state index in [0.29, 0.717) is 13.1 Å². The summed E-state index contributed by atoms with van der Waals surface area (Å²) in [6.07, 6.45) is 0.161. The summed E-state index contributed by atoms with van der Waals surface area (Å²) in [7, 11) is 0. The maximum atomic E-state index is 11.7. The van der Waals surface area contributed by atoms with E-state index >= 15 is 0 Å². The lowest BCUT2D eigenvalue weighted by atomic mass is 10.3. The van der Waals surface area contributed by atoms with E-state index in [9.17, 15) is 4.79 Å². The lowest BCUT2D eigenvalue weighted by molar-refractivity contribution is -0.130. The largest absolute Gasteiger partial charge is 0.393 e. The average molecular weight is 242 g/mol. The quantitative estimate of drug-likeness (QED) is 0.801. The fourth-order valence-corrected chi connectivity index (χ4v) is 2.07. The molecule has 0 spiro atoms. The zero-order chi connectivity index (χ0) is 11.3. The Labute approximate surface area is 98.9 Å². The Morgan fingerprint density at radius 1 is 1.67 bits per heavy atom. The van der Waals surface area contributed by atoms with E-state index in [1.165, 1.54) is 4.88 Å². The van der Waals surface area contributed by atoms with Crippen molar-refractivity contribution >= 4 is 34.5 Å². The lowest BCUT2D eigenvalue weighted by Crippen LogP contribution is -2.32. The van der Waals surface area contributed by atoms with Gasteiger partial charge in [-0.05, 0) is 18.4 Å². The average Bonchev–Trinajstić information content (AvgIpc) is 2.65. The Bertz CT molecular complexity index is 335. The lowest BCUT2D eigenvalue weighted by Gasteiger charge is -2.19. The van der Waals surface area contributed by atoms with Crippen LogP contribution >= 0.6 is 23.6 Å². The first-order valence-corrected chi connectivity index (χ1v) is 6.00. The van der Waals surface area contributed by atoms with Crippen LogP contribution in [-0.2, 0) is 11.3 Å². The molecule has 0 aliphatic rings. The molecule has 0 atom stereocenters. The predicted molar refractivity (Wildman–Crippen MR) is 66.8 cm³/mol. The molecule has 1 rings (SSSR count). The van der Waals surface area contributed by atoms with E-state index in [1.54, 1.807) is 16.2 Å². The van der Waals surface area contributed by atoms with E-state index in [1.807, 2.05) is 24.4 Å². The number of rotatable bonds is 5. The van der Waals surface area contributed by atoms with Gasteiger partial charge in [-0.25, -0.2) is 0 Å². The summed E-state index contributed by atoms with van der Waals surface area (Å²) in [5, 5.41) is 2.00. The monoisotopic (exact) mass is 242 g/mol. The Hall–Kier alpha value is -0.940. The molecule has 0 fully saturated rings. The minimum Gasteiger partial charge on any atom is -0.393 e. The molecular weight excluding hydrogens is 228 g/mol. The van der Waals surface area contributed by atoms with E-state index in [-0.39, 0.29) is 17.3 Å². The van der Waals surface area contributed by atoms with Gasteiger partial charge in [-0.1, -0.05) is 18.3 Å². The van der Waals surface area contributed by atoms with Gasteiger partial charge in [-0.2, -0.15) is 0 Å². The number of hydrogen-bond donors (Lipinski definition) is 1. The van der Waals surface area contributed by atoms with Crippen molar-refractivity contribution in [1.29, 1.82) is 0 Å². The van der Waals surface area contributed by atoms with Crippen molar-refractivity contribution in [3.63, 3.8) is 0 Å². The molecule has 1 aromatic rings. The van der Waals surface area contributed by atoms with Gasteiger partial charge in [0, 0.05) is 11.4 Å². The highest BCUT2D eigenvalue weighted by atomic mass is 32.1. The molecule has 0 unspecified atom stereocenters. The Kier molecular flexibility index (Phi) is 4.71. The van der Waals surface area contributed by atoms with Crippen molar-refractivity contribution in [1.82, 2.24) is 4.90 Å². The Balaban J connectivity index is 2.56. The molecule has 0 radical (unpaired) electrons. The summed E-state index contributed by atoms with van der Waals surface area (Å²) >= 11 is 6.36. The van der Waals surface area contributed by atoms with Gasteiger partial charge < -0.3 is 10.6 Å². The normalized spacial score (nSPS) is 9.93. The first kappa shape index (κ1) is 12.1. The molecule has 2 N–H and O–H groups in total. The third-order valence-electron chi connectivity index (χ3n) is 1.99. The van der Waals surface area contributed by atoms with Crippen LogP contribution in [0.5, 0.6) is 0 Å². The highest BCUT2D eigenvalue weighted by molar-refractivity contribution is 7.80. The fraction of sp³-hybridized carbons (Fsp3) is 0.400. The standard InChI is InChI=1S/C10H14N2OS2/c1-2-12(10(13)6-9(11)14)7-8-4-3-5-15-8/h3-5H,2,6-7H2,1H3,(H2,11,14). The molecule has 0 bridgehead atoms. The Morgan fingerprint density at radius 2 is 2.40 bits per heavy atom. The molecule has 1 amide bonds. The van der Waals surface area contributed by atoms with Crippen LogP contribution in [0.2, 0.25) is 0 Å². The molecule has 1 aromatic heterocycles. The molecule has 82 valence electrons. The van der Waals surface area contributed by atoms with Gasteiger partial charge in [-0.15, -0.1) is 11.3 Å². The fourth-order valence-electron chi connectivity index (χ4n) is 1.23. The second-order valence-electron chi connectivity index (χ2n) is 3.13. The van der Waals surface area contributed by atoms with Crippen LogP contribution in [0.1, 0.15) is 18.2 Å². The van der Waals surface area contributed by atoms with Crippen LogP contribution in [0.25, 0.3) is 0 Å². The molecule has 0 saturated heterocycles. The van der Waals surface area contributed by atoms with Gasteiger partial charge in [0.1, 0.15) is 0 Å². The van der Waals surface area contributed by atoms with Crippen LogP contribution in [-0.4, -0.2) is 22.3 Å². The zero-order valence-corrected chi connectivity index (χ0v) is 10.2. The topological polar surface area (TPSA) is 46.3 Å². The predicted octanol–water partition coefficient (Wildman–Crippen LogP) is 1.77.